The van der Waals surface area contributed by atoms with Gasteiger partial charge < -0.3 is 10.5 Å². The van der Waals surface area contributed by atoms with Crippen molar-refractivity contribution in [3.05, 3.63) is 48.2 Å². The third-order valence-electron chi connectivity index (χ3n) is 3.25. The number of rotatable bonds is 2. The number of nitrogens with zero attached hydrogens (tertiary/aromatic N) is 2. The zero-order valence-corrected chi connectivity index (χ0v) is 11.4. The van der Waals surface area contributed by atoms with Gasteiger partial charge in [0.05, 0.1) is 12.8 Å². The van der Waals surface area contributed by atoms with Gasteiger partial charge in [0.1, 0.15) is 5.75 Å². The number of aryl methyl sites for hydroxylation is 1. The van der Waals surface area contributed by atoms with Crippen molar-refractivity contribution in [3.8, 4) is 17.0 Å². The van der Waals surface area contributed by atoms with E-state index in [1.54, 1.807) is 7.11 Å². The van der Waals surface area contributed by atoms with Crippen LogP contribution in [0, 0.1) is 6.92 Å². The van der Waals surface area contributed by atoms with Crippen molar-refractivity contribution >= 4 is 16.7 Å². The maximum atomic E-state index is 5.75. The van der Waals surface area contributed by atoms with Crippen molar-refractivity contribution in [1.82, 2.24) is 9.97 Å². The van der Waals surface area contributed by atoms with Crippen LogP contribution in [0.5, 0.6) is 5.75 Å². The Bertz CT molecular complexity index is 764. The number of aromatic nitrogens is 2. The minimum Gasteiger partial charge on any atom is -0.496 e. The fourth-order valence-electron chi connectivity index (χ4n) is 2.40. The van der Waals surface area contributed by atoms with Gasteiger partial charge in [-0.25, -0.2) is 9.97 Å². The van der Waals surface area contributed by atoms with Crippen LogP contribution in [0.15, 0.2) is 42.5 Å². The van der Waals surface area contributed by atoms with Gasteiger partial charge in [-0.15, -0.1) is 0 Å². The second kappa shape index (κ2) is 4.81. The molecular formula is C16H15N3O. The Balaban J connectivity index is 2.31. The largest absolute Gasteiger partial charge is 0.496 e. The topological polar surface area (TPSA) is 61.0 Å². The number of ether oxygens (including phenoxy) is 1. The Hall–Kier alpha value is -2.62. The molecule has 0 saturated heterocycles. The van der Waals surface area contributed by atoms with E-state index in [1.807, 2.05) is 43.3 Å². The normalized spacial score (nSPS) is 10.7. The average molecular weight is 265 g/mol. The predicted octanol–water partition coefficient (Wildman–Crippen LogP) is 3.20. The van der Waals surface area contributed by atoms with E-state index in [9.17, 15) is 0 Å². The zero-order valence-electron chi connectivity index (χ0n) is 11.4. The molecule has 0 fully saturated rings. The lowest BCUT2D eigenvalue weighted by molar-refractivity contribution is 0.420. The van der Waals surface area contributed by atoms with Gasteiger partial charge in [-0.05, 0) is 30.5 Å². The summed E-state index contributed by atoms with van der Waals surface area (Å²) >= 11 is 0. The maximum absolute atomic E-state index is 5.75. The highest BCUT2D eigenvalue weighted by molar-refractivity contribution is 5.99. The fraction of sp³-hybridized carbons (Fsp3) is 0.125. The minimum atomic E-state index is 0.292. The molecule has 2 aromatic carbocycles. The molecule has 0 bridgehead atoms. The Kier molecular flexibility index (Phi) is 2.99. The summed E-state index contributed by atoms with van der Waals surface area (Å²) in [5.41, 5.74) is 8.46. The molecule has 4 heteroatoms. The van der Waals surface area contributed by atoms with E-state index in [4.69, 9.17) is 10.5 Å². The summed E-state index contributed by atoms with van der Waals surface area (Å²) in [5.74, 6) is 1.14. The molecule has 0 aliphatic rings. The van der Waals surface area contributed by atoms with E-state index in [-0.39, 0.29) is 0 Å². The predicted molar refractivity (Wildman–Crippen MR) is 80.7 cm³/mol. The van der Waals surface area contributed by atoms with Gasteiger partial charge in [0.2, 0.25) is 5.95 Å². The number of anilines is 1. The van der Waals surface area contributed by atoms with Gasteiger partial charge in [-0.2, -0.15) is 0 Å². The molecule has 0 aliphatic heterocycles. The summed E-state index contributed by atoms with van der Waals surface area (Å²) < 4.78 is 5.41. The average Bonchev–Trinajstić information content (AvgIpc) is 2.45. The lowest BCUT2D eigenvalue weighted by Gasteiger charge is -2.10. The van der Waals surface area contributed by atoms with Crippen LogP contribution in [0.25, 0.3) is 22.0 Å². The van der Waals surface area contributed by atoms with E-state index in [0.717, 1.165) is 33.5 Å². The number of hydrogen-bond acceptors (Lipinski definition) is 4. The summed E-state index contributed by atoms with van der Waals surface area (Å²) in [5, 5.41) is 2.15. The van der Waals surface area contributed by atoms with E-state index in [0.29, 0.717) is 5.95 Å². The lowest BCUT2D eigenvalue weighted by atomic mass is 10.0. The third kappa shape index (κ3) is 2.05. The molecule has 0 amide bonds. The van der Waals surface area contributed by atoms with Crippen molar-refractivity contribution < 1.29 is 4.74 Å². The molecular weight excluding hydrogens is 250 g/mol. The molecule has 0 atom stereocenters. The van der Waals surface area contributed by atoms with Crippen molar-refractivity contribution in [2.75, 3.05) is 12.8 Å². The van der Waals surface area contributed by atoms with Gasteiger partial charge in [0.15, 0.2) is 0 Å². The molecule has 0 saturated carbocycles. The van der Waals surface area contributed by atoms with Gasteiger partial charge in [-0.3, -0.25) is 0 Å². The monoisotopic (exact) mass is 265 g/mol. The first-order chi connectivity index (χ1) is 9.69. The first-order valence-corrected chi connectivity index (χ1v) is 6.36. The zero-order chi connectivity index (χ0) is 14.1. The smallest absolute Gasteiger partial charge is 0.220 e. The highest BCUT2D eigenvalue weighted by Crippen LogP contribution is 2.33. The van der Waals surface area contributed by atoms with E-state index in [2.05, 4.69) is 16.0 Å². The van der Waals surface area contributed by atoms with Gasteiger partial charge >= 0.3 is 0 Å². The fourth-order valence-corrected chi connectivity index (χ4v) is 2.40. The first-order valence-electron chi connectivity index (χ1n) is 6.36. The standard InChI is InChI=1S/C16H15N3O/c1-10-9-14(19-16(17)18-10)12-7-8-15(20-2)13-6-4-3-5-11(12)13/h3-9H,1-2H3,(H2,17,18,19). The van der Waals surface area contributed by atoms with Gasteiger partial charge in [0, 0.05) is 16.6 Å². The molecule has 100 valence electrons. The number of methoxy groups -OCH3 is 1. The first kappa shape index (κ1) is 12.4. The highest BCUT2D eigenvalue weighted by Gasteiger charge is 2.10. The van der Waals surface area contributed by atoms with Crippen LogP contribution in [0.1, 0.15) is 5.69 Å². The van der Waals surface area contributed by atoms with Crippen molar-refractivity contribution in [2.45, 2.75) is 6.92 Å². The van der Waals surface area contributed by atoms with Crippen LogP contribution in [0.2, 0.25) is 0 Å². The van der Waals surface area contributed by atoms with Crippen LogP contribution in [-0.4, -0.2) is 17.1 Å². The Labute approximate surface area is 117 Å². The van der Waals surface area contributed by atoms with Crippen LogP contribution >= 0.6 is 0 Å². The molecule has 20 heavy (non-hydrogen) atoms. The van der Waals surface area contributed by atoms with Gasteiger partial charge in [-0.1, -0.05) is 24.3 Å². The molecule has 0 unspecified atom stereocenters. The number of hydrogen-bond donors (Lipinski definition) is 1. The number of benzene rings is 2. The summed E-state index contributed by atoms with van der Waals surface area (Å²) in [6.07, 6.45) is 0. The second-order valence-corrected chi connectivity index (χ2v) is 4.61. The minimum absolute atomic E-state index is 0.292. The summed E-state index contributed by atoms with van der Waals surface area (Å²) in [7, 11) is 1.67. The Morgan fingerprint density at radius 1 is 1.00 bits per heavy atom. The van der Waals surface area contributed by atoms with Crippen LogP contribution in [0.3, 0.4) is 0 Å². The molecule has 0 spiro atoms. The summed E-state index contributed by atoms with van der Waals surface area (Å²) in [6, 6.07) is 14.0. The summed E-state index contributed by atoms with van der Waals surface area (Å²) in [6.45, 7) is 1.91. The Morgan fingerprint density at radius 3 is 2.45 bits per heavy atom. The molecule has 1 aromatic heterocycles. The van der Waals surface area contributed by atoms with Crippen LogP contribution in [-0.2, 0) is 0 Å². The number of nitrogen functional groups attached to an aromatic ring is 1. The molecule has 3 aromatic rings. The molecule has 0 radical (unpaired) electrons. The number of nitrogens with two attached hydrogens (primary N) is 1. The molecule has 0 aliphatic carbocycles. The van der Waals surface area contributed by atoms with Gasteiger partial charge in [0.25, 0.3) is 0 Å². The Morgan fingerprint density at radius 2 is 1.75 bits per heavy atom. The quantitative estimate of drug-likeness (QED) is 0.773. The van der Waals surface area contributed by atoms with E-state index < -0.39 is 0 Å². The van der Waals surface area contributed by atoms with E-state index in [1.165, 1.54) is 0 Å². The van der Waals surface area contributed by atoms with Crippen molar-refractivity contribution in [1.29, 1.82) is 0 Å². The van der Waals surface area contributed by atoms with Crippen LogP contribution in [0.4, 0.5) is 5.95 Å². The third-order valence-corrected chi connectivity index (χ3v) is 3.25. The molecule has 3 rings (SSSR count). The van der Waals surface area contributed by atoms with Crippen molar-refractivity contribution in [3.63, 3.8) is 0 Å². The number of fused-ring (bicyclic) bond motifs is 1. The van der Waals surface area contributed by atoms with Crippen LogP contribution < -0.4 is 10.5 Å². The molecule has 2 N–H and O–H groups in total. The second-order valence-electron chi connectivity index (χ2n) is 4.61. The van der Waals surface area contributed by atoms with Crippen molar-refractivity contribution in [2.24, 2.45) is 0 Å². The molecule has 4 nitrogen and oxygen atoms in total. The SMILES string of the molecule is COc1ccc(-c2cc(C)nc(N)n2)c2ccccc12. The molecule has 1 heterocycles. The lowest BCUT2D eigenvalue weighted by Crippen LogP contribution is -1.98. The summed E-state index contributed by atoms with van der Waals surface area (Å²) in [4.78, 5) is 8.45. The maximum Gasteiger partial charge on any atom is 0.220 e. The van der Waals surface area contributed by atoms with E-state index >= 15 is 0 Å². The highest BCUT2D eigenvalue weighted by atomic mass is 16.5.